The quantitative estimate of drug-likeness (QED) is 0.129. The number of amides is 2. The number of rotatable bonds is 11. The molecule has 1 aromatic heterocycles. The summed E-state index contributed by atoms with van der Waals surface area (Å²) < 4.78 is 11.2. The summed E-state index contributed by atoms with van der Waals surface area (Å²) >= 11 is 0. The summed E-state index contributed by atoms with van der Waals surface area (Å²) in [5.74, 6) is 1.62. The zero-order valence-electron chi connectivity index (χ0n) is 34.7. The Bertz CT molecular complexity index is 1690. The van der Waals surface area contributed by atoms with Crippen LogP contribution in [0.15, 0.2) is 59.4 Å². The van der Waals surface area contributed by atoms with Gasteiger partial charge in [-0.15, -0.1) is 0 Å². The minimum atomic E-state index is -1.26. The van der Waals surface area contributed by atoms with Crippen LogP contribution in [0, 0.1) is 17.8 Å². The van der Waals surface area contributed by atoms with Crippen LogP contribution in [0.5, 0.6) is 5.75 Å². The molecule has 3 aromatic rings. The van der Waals surface area contributed by atoms with Crippen molar-refractivity contribution < 1.29 is 29.0 Å². The Balaban J connectivity index is 0.000000351. The zero-order chi connectivity index (χ0) is 41.0. The van der Waals surface area contributed by atoms with Gasteiger partial charge in [0.1, 0.15) is 36.2 Å². The number of carbonyl (C=O) groups excluding carboxylic acids is 2. The maximum Gasteiger partial charge on any atom is 0.405 e. The van der Waals surface area contributed by atoms with Crippen LogP contribution in [0.4, 0.5) is 4.79 Å². The SMILES string of the molecule is CC.CC(C)C.CC1CCN(C(=O)CNC(=O)O)C1C(=O)OC(C)(C)C.O=c1[nH]c2cc(OCc3ccccc3)ccc2nc1/C=C/CCCC1CCCC1. The smallest absolute Gasteiger partial charge is 0.405 e. The first-order valence-corrected chi connectivity index (χ1v) is 20.0. The molecule has 0 radical (unpaired) electrons. The molecule has 1 saturated carbocycles. The summed E-state index contributed by atoms with van der Waals surface area (Å²) in [6, 6.07) is 15.0. The highest BCUT2D eigenvalue weighted by atomic mass is 16.6. The number of ether oxygens (including phenoxy) is 2. The molecule has 55 heavy (non-hydrogen) atoms. The topological polar surface area (TPSA) is 151 Å². The summed E-state index contributed by atoms with van der Waals surface area (Å²) in [6.45, 7) is 18.3. The van der Waals surface area contributed by atoms with Gasteiger partial charge in [0.15, 0.2) is 0 Å². The van der Waals surface area contributed by atoms with Crippen LogP contribution in [0.25, 0.3) is 17.1 Å². The molecule has 2 aromatic carbocycles. The minimum absolute atomic E-state index is 0.00127. The number of aromatic nitrogens is 2. The number of carbonyl (C=O) groups is 3. The summed E-state index contributed by atoms with van der Waals surface area (Å²) in [5.41, 5.74) is 2.25. The Hall–Kier alpha value is -4.67. The fourth-order valence-corrected chi connectivity index (χ4v) is 6.24. The molecule has 2 aliphatic rings. The van der Waals surface area contributed by atoms with E-state index in [0.717, 1.165) is 29.3 Å². The van der Waals surface area contributed by atoms with Crippen molar-refractivity contribution in [1.82, 2.24) is 20.2 Å². The van der Waals surface area contributed by atoms with Gasteiger partial charge in [-0.3, -0.25) is 9.59 Å². The second kappa shape index (κ2) is 24.0. The maximum atomic E-state index is 12.4. The third kappa shape index (κ3) is 17.6. The summed E-state index contributed by atoms with van der Waals surface area (Å²) in [4.78, 5) is 55.8. The van der Waals surface area contributed by atoms with Crippen LogP contribution in [0.2, 0.25) is 0 Å². The highest BCUT2D eigenvalue weighted by molar-refractivity contribution is 5.88. The van der Waals surface area contributed by atoms with Gasteiger partial charge < -0.3 is 29.8 Å². The molecule has 1 aliphatic carbocycles. The molecule has 11 heteroatoms. The third-order valence-corrected chi connectivity index (χ3v) is 8.73. The van der Waals surface area contributed by atoms with Gasteiger partial charge in [-0.2, -0.15) is 0 Å². The lowest BCUT2D eigenvalue weighted by Crippen LogP contribution is -2.48. The Kier molecular flexibility index (Phi) is 20.3. The normalized spacial score (nSPS) is 16.7. The van der Waals surface area contributed by atoms with Gasteiger partial charge >= 0.3 is 12.1 Å². The number of hydrogen-bond acceptors (Lipinski definition) is 7. The molecule has 3 N–H and O–H groups in total. The Labute approximate surface area is 328 Å². The van der Waals surface area contributed by atoms with E-state index in [9.17, 15) is 19.2 Å². The first-order chi connectivity index (χ1) is 26.1. The van der Waals surface area contributed by atoms with E-state index in [2.05, 4.69) is 36.8 Å². The first kappa shape index (κ1) is 46.5. The van der Waals surface area contributed by atoms with Crippen molar-refractivity contribution in [1.29, 1.82) is 0 Å². The van der Waals surface area contributed by atoms with Crippen molar-refractivity contribution in [3.63, 3.8) is 0 Å². The van der Waals surface area contributed by atoms with Gasteiger partial charge in [0, 0.05) is 12.6 Å². The van der Waals surface area contributed by atoms with E-state index >= 15 is 0 Å². The number of nitrogens with zero attached hydrogens (tertiary/aromatic N) is 2. The van der Waals surface area contributed by atoms with E-state index in [0.29, 0.717) is 36.5 Å². The lowest BCUT2D eigenvalue weighted by atomic mass is 10.0. The zero-order valence-corrected chi connectivity index (χ0v) is 34.7. The van der Waals surface area contributed by atoms with Crippen LogP contribution in [0.3, 0.4) is 0 Å². The van der Waals surface area contributed by atoms with Crippen LogP contribution in [-0.2, 0) is 20.9 Å². The number of aromatic amines is 1. The molecule has 11 nitrogen and oxygen atoms in total. The number of allylic oxidation sites excluding steroid dienone is 1. The molecule has 1 saturated heterocycles. The second-order valence-electron chi connectivity index (χ2n) is 15.6. The number of hydrogen-bond donors (Lipinski definition) is 3. The van der Waals surface area contributed by atoms with E-state index in [1.807, 2.05) is 80.7 Å². The fraction of sp³-hybridized carbons (Fsp3) is 0.568. The van der Waals surface area contributed by atoms with Crippen molar-refractivity contribution in [2.24, 2.45) is 17.8 Å². The average Bonchev–Trinajstić information content (AvgIpc) is 3.80. The molecule has 304 valence electrons. The molecule has 0 spiro atoms. The summed E-state index contributed by atoms with van der Waals surface area (Å²) in [6.07, 6.45) is 12.4. The monoisotopic (exact) mass is 762 g/mol. The van der Waals surface area contributed by atoms with Crippen molar-refractivity contribution >= 4 is 35.1 Å². The average molecular weight is 763 g/mol. The summed E-state index contributed by atoms with van der Waals surface area (Å²) in [5, 5.41) is 10.5. The number of esters is 1. The molecule has 2 fully saturated rings. The van der Waals surface area contributed by atoms with Gasteiger partial charge in [0.2, 0.25) is 5.91 Å². The van der Waals surface area contributed by atoms with Crippen LogP contribution in [-0.4, -0.2) is 62.7 Å². The first-order valence-electron chi connectivity index (χ1n) is 20.0. The number of carboxylic acid groups (broad SMARTS) is 1. The van der Waals surface area contributed by atoms with Crippen LogP contribution in [0.1, 0.15) is 125 Å². The van der Waals surface area contributed by atoms with E-state index in [1.54, 1.807) is 20.8 Å². The lowest BCUT2D eigenvalue weighted by molar-refractivity contribution is -0.164. The van der Waals surface area contributed by atoms with Gasteiger partial charge in [-0.1, -0.05) is 110 Å². The number of nitrogens with one attached hydrogen (secondary N) is 2. The molecule has 1 aliphatic heterocycles. The molecule has 0 bridgehead atoms. The number of fused-ring (bicyclic) bond motifs is 1. The predicted molar refractivity (Wildman–Crippen MR) is 221 cm³/mol. The number of H-pyrrole nitrogens is 1. The van der Waals surface area contributed by atoms with Crippen LogP contribution < -0.4 is 15.6 Å². The number of likely N-dealkylation sites (tertiary alicyclic amines) is 1. The predicted octanol–water partition coefficient (Wildman–Crippen LogP) is 9.40. The number of benzene rings is 2. The molecule has 2 unspecified atom stereocenters. The van der Waals surface area contributed by atoms with Gasteiger partial charge in [-0.05, 0) is 81.6 Å². The van der Waals surface area contributed by atoms with E-state index in [4.69, 9.17) is 14.6 Å². The fourth-order valence-electron chi connectivity index (χ4n) is 6.24. The van der Waals surface area contributed by atoms with Crippen molar-refractivity contribution in [2.75, 3.05) is 13.1 Å². The molecule has 2 heterocycles. The molecule has 2 atom stereocenters. The molecule has 2 amide bonds. The second-order valence-corrected chi connectivity index (χ2v) is 15.6. The van der Waals surface area contributed by atoms with E-state index < -0.39 is 29.6 Å². The van der Waals surface area contributed by atoms with Crippen molar-refractivity contribution in [3.8, 4) is 5.75 Å². The highest BCUT2D eigenvalue weighted by Gasteiger charge is 2.41. The highest BCUT2D eigenvalue weighted by Crippen LogP contribution is 2.29. The van der Waals surface area contributed by atoms with E-state index in [-0.39, 0.29) is 18.0 Å². The maximum absolute atomic E-state index is 12.4. The minimum Gasteiger partial charge on any atom is -0.489 e. The van der Waals surface area contributed by atoms with Crippen molar-refractivity contribution in [2.45, 2.75) is 132 Å². The van der Waals surface area contributed by atoms with Gasteiger partial charge in [0.25, 0.3) is 5.56 Å². The summed E-state index contributed by atoms with van der Waals surface area (Å²) in [7, 11) is 0. The van der Waals surface area contributed by atoms with Crippen LogP contribution >= 0.6 is 0 Å². The molecular formula is C44H66N4O7. The van der Waals surface area contributed by atoms with Crippen molar-refractivity contribution in [3.05, 3.63) is 76.2 Å². The Morgan fingerprint density at radius 3 is 2.31 bits per heavy atom. The molecular weight excluding hydrogens is 697 g/mol. The number of unbranched alkanes of at least 4 members (excludes halogenated alkanes) is 1. The lowest BCUT2D eigenvalue weighted by Gasteiger charge is -2.29. The largest absolute Gasteiger partial charge is 0.489 e. The standard InChI is InChI=1S/C25H28N2O2.C13H22N2O5.C4H10.C2H6/c28-25-23(14-6-2-3-9-19-10-7-8-11-19)26-22-16-15-21(17-24(22)27-25)29-18-20-12-4-1-5-13-20;1-8-5-6-15(9(16)7-14-12(18)19)10(8)11(17)20-13(2,3)4;1-4(2)3;1-2/h1,4-6,12-17,19H,2-3,7-11,18H2,(H,27,28);8,10,14H,5-7H2,1-4H3,(H,18,19);4H,1-3H3;1-2H3/b14-6+;;;. The Morgan fingerprint density at radius 1 is 1.04 bits per heavy atom. The van der Waals surface area contributed by atoms with Gasteiger partial charge in [0.05, 0.1) is 11.0 Å². The Morgan fingerprint density at radius 2 is 1.69 bits per heavy atom. The van der Waals surface area contributed by atoms with E-state index in [1.165, 1.54) is 43.4 Å². The third-order valence-electron chi connectivity index (χ3n) is 8.73. The molecule has 5 rings (SSSR count). The van der Waals surface area contributed by atoms with Gasteiger partial charge in [-0.25, -0.2) is 14.6 Å².